The summed E-state index contributed by atoms with van der Waals surface area (Å²) in [7, 11) is 1.71. The predicted octanol–water partition coefficient (Wildman–Crippen LogP) is 1.69. The van der Waals surface area contributed by atoms with Gasteiger partial charge in [-0.1, -0.05) is 17.4 Å². The number of fused-ring (bicyclic) bond motifs is 2. The highest BCUT2D eigenvalue weighted by atomic mass is 32.1. The van der Waals surface area contributed by atoms with E-state index in [0.717, 1.165) is 15.8 Å². The number of aromatic nitrogens is 5. The maximum Gasteiger partial charge on any atom is 0.264 e. The van der Waals surface area contributed by atoms with E-state index in [0.29, 0.717) is 16.2 Å². The summed E-state index contributed by atoms with van der Waals surface area (Å²) >= 11 is 1.40. The average Bonchev–Trinajstić information content (AvgIpc) is 3.13. The third kappa shape index (κ3) is 2.78. The molecule has 126 valence electrons. The summed E-state index contributed by atoms with van der Waals surface area (Å²) in [6.45, 7) is 1.87. The van der Waals surface area contributed by atoms with Gasteiger partial charge in [0, 0.05) is 7.05 Å². The van der Waals surface area contributed by atoms with Gasteiger partial charge >= 0.3 is 0 Å². The molecular formula is C16H14N6O2S. The number of hydrogen-bond donors (Lipinski definition) is 1. The van der Waals surface area contributed by atoms with Crippen molar-refractivity contribution in [2.45, 2.75) is 13.5 Å². The second-order valence-electron chi connectivity index (χ2n) is 5.72. The normalized spacial score (nSPS) is 11.3. The number of amides is 1. The molecule has 25 heavy (non-hydrogen) atoms. The summed E-state index contributed by atoms with van der Waals surface area (Å²) in [6, 6.07) is 5.91. The fourth-order valence-electron chi connectivity index (χ4n) is 2.58. The number of aryl methyl sites for hydroxylation is 2. The smallest absolute Gasteiger partial charge is 0.264 e. The van der Waals surface area contributed by atoms with E-state index in [2.05, 4.69) is 20.4 Å². The number of nitrogens with zero attached hydrogens (tertiary/aromatic N) is 5. The zero-order valence-electron chi connectivity index (χ0n) is 13.6. The summed E-state index contributed by atoms with van der Waals surface area (Å²) in [6.07, 6.45) is 2.81. The van der Waals surface area contributed by atoms with Gasteiger partial charge in [-0.15, -0.1) is 0 Å². The number of carbonyl (C=O) groups is 1. The van der Waals surface area contributed by atoms with Crippen molar-refractivity contribution in [3.8, 4) is 0 Å². The van der Waals surface area contributed by atoms with Crippen LogP contribution in [-0.4, -0.2) is 30.2 Å². The molecule has 3 heterocycles. The molecule has 0 unspecified atom stereocenters. The number of benzene rings is 1. The second kappa shape index (κ2) is 5.78. The largest absolute Gasteiger partial charge is 0.300 e. The SMILES string of the molecule is Cc1ccc2nc(NC(=O)Cn3cnc4c(cnn4C)c3=O)sc2c1. The highest BCUT2D eigenvalue weighted by molar-refractivity contribution is 7.22. The van der Waals surface area contributed by atoms with E-state index in [1.54, 1.807) is 7.05 Å². The summed E-state index contributed by atoms with van der Waals surface area (Å²) in [5.41, 5.74) is 2.16. The van der Waals surface area contributed by atoms with E-state index in [9.17, 15) is 9.59 Å². The Balaban J connectivity index is 1.57. The third-order valence-corrected chi connectivity index (χ3v) is 4.76. The molecule has 0 aliphatic carbocycles. The maximum atomic E-state index is 12.4. The van der Waals surface area contributed by atoms with Crippen LogP contribution in [0.25, 0.3) is 21.3 Å². The molecule has 0 atom stereocenters. The Kier molecular flexibility index (Phi) is 3.57. The van der Waals surface area contributed by atoms with E-state index in [4.69, 9.17) is 0 Å². The minimum absolute atomic E-state index is 0.133. The summed E-state index contributed by atoms with van der Waals surface area (Å²) in [4.78, 5) is 33.2. The van der Waals surface area contributed by atoms with E-state index in [1.807, 2.05) is 25.1 Å². The fourth-order valence-corrected chi connectivity index (χ4v) is 3.56. The molecule has 0 fully saturated rings. The first-order valence-electron chi connectivity index (χ1n) is 7.55. The van der Waals surface area contributed by atoms with Crippen LogP contribution in [0, 0.1) is 6.92 Å². The number of anilines is 1. The van der Waals surface area contributed by atoms with Crippen molar-refractivity contribution >= 4 is 43.6 Å². The van der Waals surface area contributed by atoms with Crippen molar-refractivity contribution in [1.29, 1.82) is 0 Å². The summed E-state index contributed by atoms with van der Waals surface area (Å²) in [5, 5.41) is 7.64. The standard InChI is InChI=1S/C16H14N6O2S/c1-9-3-4-11-12(5-9)25-16(19-11)20-13(23)7-22-8-17-14-10(15(22)24)6-18-21(14)2/h3-6,8H,7H2,1-2H3,(H,19,20,23). The van der Waals surface area contributed by atoms with E-state index < -0.39 is 0 Å². The number of hydrogen-bond acceptors (Lipinski definition) is 6. The van der Waals surface area contributed by atoms with Gasteiger partial charge in [-0.3, -0.25) is 18.8 Å². The first kappa shape index (κ1) is 15.5. The molecule has 0 spiro atoms. The lowest BCUT2D eigenvalue weighted by atomic mass is 10.2. The summed E-state index contributed by atoms with van der Waals surface area (Å²) in [5.74, 6) is -0.331. The number of carbonyl (C=O) groups excluding carboxylic acids is 1. The van der Waals surface area contributed by atoms with Gasteiger partial charge < -0.3 is 5.32 Å². The van der Waals surface area contributed by atoms with Gasteiger partial charge in [-0.2, -0.15) is 5.10 Å². The van der Waals surface area contributed by atoms with Crippen LogP contribution in [0.2, 0.25) is 0 Å². The molecule has 3 aromatic heterocycles. The molecule has 0 saturated heterocycles. The van der Waals surface area contributed by atoms with Crippen LogP contribution < -0.4 is 10.9 Å². The Labute approximate surface area is 145 Å². The molecule has 0 aliphatic rings. The first-order chi connectivity index (χ1) is 12.0. The van der Waals surface area contributed by atoms with Gasteiger partial charge in [0.25, 0.3) is 5.56 Å². The molecule has 0 radical (unpaired) electrons. The average molecular weight is 354 g/mol. The molecule has 0 bridgehead atoms. The van der Waals surface area contributed by atoms with Gasteiger partial charge in [-0.25, -0.2) is 9.97 Å². The Morgan fingerprint density at radius 1 is 1.36 bits per heavy atom. The predicted molar refractivity (Wildman–Crippen MR) is 95.8 cm³/mol. The van der Waals surface area contributed by atoms with Gasteiger partial charge in [0.2, 0.25) is 5.91 Å². The van der Waals surface area contributed by atoms with E-state index in [-0.39, 0.29) is 18.0 Å². The quantitative estimate of drug-likeness (QED) is 0.604. The highest BCUT2D eigenvalue weighted by Crippen LogP contribution is 2.26. The Hall–Kier alpha value is -3.07. The zero-order valence-corrected chi connectivity index (χ0v) is 14.4. The Morgan fingerprint density at radius 2 is 2.20 bits per heavy atom. The molecule has 0 aliphatic heterocycles. The lowest BCUT2D eigenvalue weighted by Gasteiger charge is -2.05. The first-order valence-corrected chi connectivity index (χ1v) is 8.37. The molecular weight excluding hydrogens is 340 g/mol. The Bertz CT molecular complexity index is 1170. The van der Waals surface area contributed by atoms with E-state index >= 15 is 0 Å². The van der Waals surface area contributed by atoms with Crippen LogP contribution in [0.15, 0.2) is 35.5 Å². The number of rotatable bonds is 3. The van der Waals surface area contributed by atoms with Crippen LogP contribution >= 0.6 is 11.3 Å². The maximum absolute atomic E-state index is 12.4. The van der Waals surface area contributed by atoms with Gasteiger partial charge in [0.1, 0.15) is 18.3 Å². The monoisotopic (exact) mass is 354 g/mol. The van der Waals surface area contributed by atoms with Gasteiger partial charge in [0.15, 0.2) is 10.8 Å². The van der Waals surface area contributed by atoms with Crippen molar-refractivity contribution in [2.75, 3.05) is 5.32 Å². The summed E-state index contributed by atoms with van der Waals surface area (Å²) < 4.78 is 3.78. The van der Waals surface area contributed by atoms with Crippen LogP contribution in [0.1, 0.15) is 5.56 Å². The van der Waals surface area contributed by atoms with Crippen molar-refractivity contribution in [1.82, 2.24) is 24.3 Å². The number of nitrogens with one attached hydrogen (secondary N) is 1. The topological polar surface area (TPSA) is 94.7 Å². The molecule has 4 aromatic rings. The molecule has 1 amide bonds. The molecule has 0 saturated carbocycles. The number of thiazole rings is 1. The van der Waals surface area contributed by atoms with Crippen LogP contribution in [0.5, 0.6) is 0 Å². The van der Waals surface area contributed by atoms with Crippen molar-refractivity contribution in [3.63, 3.8) is 0 Å². The van der Waals surface area contributed by atoms with E-state index in [1.165, 1.54) is 33.1 Å². The minimum atomic E-state index is -0.331. The molecule has 8 nitrogen and oxygen atoms in total. The van der Waals surface area contributed by atoms with Crippen molar-refractivity contribution in [2.24, 2.45) is 7.05 Å². The Morgan fingerprint density at radius 3 is 3.04 bits per heavy atom. The van der Waals surface area contributed by atoms with Crippen LogP contribution in [-0.2, 0) is 18.4 Å². The van der Waals surface area contributed by atoms with Crippen molar-refractivity contribution in [3.05, 3.63) is 46.6 Å². The second-order valence-corrected chi connectivity index (χ2v) is 6.75. The zero-order chi connectivity index (χ0) is 17.6. The molecule has 1 aromatic carbocycles. The van der Waals surface area contributed by atoms with Crippen molar-refractivity contribution < 1.29 is 4.79 Å². The van der Waals surface area contributed by atoms with Gasteiger partial charge in [-0.05, 0) is 24.6 Å². The van der Waals surface area contributed by atoms with Crippen LogP contribution in [0.4, 0.5) is 5.13 Å². The highest BCUT2D eigenvalue weighted by Gasteiger charge is 2.12. The van der Waals surface area contributed by atoms with Crippen LogP contribution in [0.3, 0.4) is 0 Å². The molecule has 4 rings (SSSR count). The minimum Gasteiger partial charge on any atom is -0.300 e. The molecule has 9 heteroatoms. The lowest BCUT2D eigenvalue weighted by molar-refractivity contribution is -0.116. The molecule has 1 N–H and O–H groups in total. The lowest BCUT2D eigenvalue weighted by Crippen LogP contribution is -2.27. The third-order valence-electron chi connectivity index (χ3n) is 3.82. The fraction of sp³-hybridized carbons (Fsp3) is 0.188. The van der Waals surface area contributed by atoms with Gasteiger partial charge in [0.05, 0.1) is 16.4 Å².